The second-order valence-corrected chi connectivity index (χ2v) is 5.64. The van der Waals surface area contributed by atoms with Crippen LogP contribution in [-0.2, 0) is 0 Å². The van der Waals surface area contributed by atoms with Crippen molar-refractivity contribution in [1.29, 1.82) is 0 Å². The van der Waals surface area contributed by atoms with Gasteiger partial charge in [-0.2, -0.15) is 0 Å². The highest BCUT2D eigenvalue weighted by Gasteiger charge is 2.12. The molecule has 0 spiro atoms. The Balaban J connectivity index is 2.08. The van der Waals surface area contributed by atoms with Crippen molar-refractivity contribution in [2.45, 2.75) is 19.4 Å². The summed E-state index contributed by atoms with van der Waals surface area (Å²) < 4.78 is 12.9. The van der Waals surface area contributed by atoms with E-state index in [9.17, 15) is 9.18 Å². The molecule has 106 valence electrons. The van der Waals surface area contributed by atoms with Crippen LogP contribution in [0.5, 0.6) is 0 Å². The van der Waals surface area contributed by atoms with Crippen LogP contribution in [0, 0.1) is 5.82 Å². The molecule has 1 unspecified atom stereocenters. The molecular weight excluding hydrogens is 277 g/mol. The van der Waals surface area contributed by atoms with Crippen molar-refractivity contribution < 1.29 is 14.3 Å². The van der Waals surface area contributed by atoms with Crippen LogP contribution in [-0.4, -0.2) is 23.7 Å². The van der Waals surface area contributed by atoms with Gasteiger partial charge in [-0.1, -0.05) is 12.1 Å². The van der Waals surface area contributed by atoms with Gasteiger partial charge in [0.15, 0.2) is 0 Å². The maximum Gasteiger partial charge on any atom is 0.261 e. The lowest BCUT2D eigenvalue weighted by Crippen LogP contribution is -2.32. The first-order valence-corrected chi connectivity index (χ1v) is 7.19. The Labute approximate surface area is 121 Å². The van der Waals surface area contributed by atoms with Crippen LogP contribution in [0.25, 0.3) is 10.4 Å². The Morgan fingerprint density at radius 3 is 2.65 bits per heavy atom. The van der Waals surface area contributed by atoms with Gasteiger partial charge in [-0.25, -0.2) is 4.39 Å². The lowest BCUT2D eigenvalue weighted by Gasteiger charge is -2.10. The predicted octanol–water partition coefficient (Wildman–Crippen LogP) is 3.05. The van der Waals surface area contributed by atoms with E-state index < -0.39 is 0 Å². The van der Waals surface area contributed by atoms with Gasteiger partial charge < -0.3 is 10.4 Å². The largest absolute Gasteiger partial charge is 0.396 e. The van der Waals surface area contributed by atoms with E-state index in [2.05, 4.69) is 5.32 Å². The third-order valence-corrected chi connectivity index (χ3v) is 4.03. The number of halogens is 1. The summed E-state index contributed by atoms with van der Waals surface area (Å²) in [6.45, 7) is 1.90. The van der Waals surface area contributed by atoms with Gasteiger partial charge in [0.25, 0.3) is 5.91 Å². The molecule has 1 atom stereocenters. The van der Waals surface area contributed by atoms with Gasteiger partial charge in [0.05, 0.1) is 4.88 Å². The van der Waals surface area contributed by atoms with Crippen LogP contribution < -0.4 is 5.32 Å². The van der Waals surface area contributed by atoms with E-state index in [1.807, 2.05) is 13.0 Å². The predicted molar refractivity (Wildman–Crippen MR) is 78.3 cm³/mol. The minimum atomic E-state index is -0.277. The molecule has 1 amide bonds. The number of amides is 1. The van der Waals surface area contributed by atoms with Crippen molar-refractivity contribution in [3.05, 3.63) is 47.1 Å². The molecule has 0 aliphatic carbocycles. The lowest BCUT2D eigenvalue weighted by atomic mass is 10.2. The Kier molecular flexibility index (Phi) is 4.87. The highest BCUT2D eigenvalue weighted by atomic mass is 32.1. The summed E-state index contributed by atoms with van der Waals surface area (Å²) in [5.74, 6) is -0.426. The number of thiophene rings is 1. The fourth-order valence-electron chi connectivity index (χ4n) is 1.79. The molecule has 2 N–H and O–H groups in total. The molecule has 3 nitrogen and oxygen atoms in total. The lowest BCUT2D eigenvalue weighted by molar-refractivity contribution is 0.0938. The number of hydrogen-bond acceptors (Lipinski definition) is 3. The highest BCUT2D eigenvalue weighted by molar-refractivity contribution is 7.17. The number of hydrogen-bond donors (Lipinski definition) is 2. The molecule has 0 bridgehead atoms. The molecule has 2 rings (SSSR count). The van der Waals surface area contributed by atoms with Gasteiger partial charge >= 0.3 is 0 Å². The molecule has 2 aromatic rings. The van der Waals surface area contributed by atoms with Crippen molar-refractivity contribution in [2.75, 3.05) is 6.61 Å². The highest BCUT2D eigenvalue weighted by Crippen LogP contribution is 2.28. The van der Waals surface area contributed by atoms with E-state index in [0.29, 0.717) is 11.3 Å². The fourth-order valence-corrected chi connectivity index (χ4v) is 2.70. The van der Waals surface area contributed by atoms with Crippen molar-refractivity contribution >= 4 is 17.2 Å². The molecule has 1 aromatic carbocycles. The van der Waals surface area contributed by atoms with E-state index in [1.165, 1.54) is 23.5 Å². The molecule has 1 aromatic heterocycles. The number of nitrogens with one attached hydrogen (secondary N) is 1. The first-order chi connectivity index (χ1) is 9.60. The van der Waals surface area contributed by atoms with E-state index in [1.54, 1.807) is 18.2 Å². The normalized spacial score (nSPS) is 12.2. The minimum Gasteiger partial charge on any atom is -0.396 e. The number of aliphatic hydroxyl groups excluding tert-OH is 1. The first-order valence-electron chi connectivity index (χ1n) is 6.37. The zero-order valence-corrected chi connectivity index (χ0v) is 11.9. The first kappa shape index (κ1) is 14.7. The van der Waals surface area contributed by atoms with Crippen LogP contribution in [0.4, 0.5) is 4.39 Å². The maximum absolute atomic E-state index is 12.9. The average molecular weight is 293 g/mol. The fraction of sp³-hybridized carbons (Fsp3) is 0.267. The summed E-state index contributed by atoms with van der Waals surface area (Å²) in [5, 5.41) is 11.6. The molecule has 0 fully saturated rings. The van der Waals surface area contributed by atoms with Crippen molar-refractivity contribution in [2.24, 2.45) is 0 Å². The van der Waals surface area contributed by atoms with E-state index >= 15 is 0 Å². The molecule has 0 aliphatic rings. The Morgan fingerprint density at radius 2 is 2.00 bits per heavy atom. The summed E-state index contributed by atoms with van der Waals surface area (Å²) >= 11 is 1.36. The molecule has 0 aliphatic heterocycles. The van der Waals surface area contributed by atoms with Gasteiger partial charge in [0, 0.05) is 17.5 Å². The van der Waals surface area contributed by atoms with Gasteiger partial charge in [-0.05, 0) is 43.2 Å². The van der Waals surface area contributed by atoms with Gasteiger partial charge in [0.1, 0.15) is 5.82 Å². The minimum absolute atomic E-state index is 0.0483. The summed E-state index contributed by atoms with van der Waals surface area (Å²) in [5.41, 5.74) is 0.888. The molecule has 5 heteroatoms. The van der Waals surface area contributed by atoms with E-state index in [4.69, 9.17) is 5.11 Å². The summed E-state index contributed by atoms with van der Waals surface area (Å²) in [6.07, 6.45) is 0.530. The molecule has 0 saturated heterocycles. The van der Waals surface area contributed by atoms with Gasteiger partial charge in [0.2, 0.25) is 0 Å². The standard InChI is InChI=1S/C15H16FNO2S/c1-10(8-9-18)17-15(19)14-7-6-13(20-14)11-2-4-12(16)5-3-11/h2-7,10,18H,8-9H2,1H3,(H,17,19). The average Bonchev–Trinajstić information content (AvgIpc) is 2.89. The Bertz CT molecular complexity index is 580. The van der Waals surface area contributed by atoms with Crippen molar-refractivity contribution in [3.63, 3.8) is 0 Å². The summed E-state index contributed by atoms with van der Waals surface area (Å²) in [7, 11) is 0. The number of benzene rings is 1. The number of rotatable bonds is 5. The van der Waals surface area contributed by atoms with E-state index in [0.717, 1.165) is 10.4 Å². The van der Waals surface area contributed by atoms with Crippen LogP contribution in [0.15, 0.2) is 36.4 Å². The van der Waals surface area contributed by atoms with Crippen LogP contribution in [0.2, 0.25) is 0 Å². The second-order valence-electron chi connectivity index (χ2n) is 4.56. The Morgan fingerprint density at radius 1 is 1.30 bits per heavy atom. The molecule has 0 radical (unpaired) electrons. The van der Waals surface area contributed by atoms with Crippen LogP contribution in [0.1, 0.15) is 23.0 Å². The SMILES string of the molecule is CC(CCO)NC(=O)c1ccc(-c2ccc(F)cc2)s1. The summed E-state index contributed by atoms with van der Waals surface area (Å²) in [4.78, 5) is 13.5. The van der Waals surface area contributed by atoms with Crippen molar-refractivity contribution in [3.8, 4) is 10.4 Å². The molecule has 20 heavy (non-hydrogen) atoms. The zero-order valence-electron chi connectivity index (χ0n) is 11.1. The smallest absolute Gasteiger partial charge is 0.261 e. The van der Waals surface area contributed by atoms with Gasteiger partial charge in [-0.15, -0.1) is 11.3 Å². The topological polar surface area (TPSA) is 49.3 Å². The van der Waals surface area contributed by atoms with Gasteiger partial charge in [-0.3, -0.25) is 4.79 Å². The maximum atomic E-state index is 12.9. The molecule has 0 saturated carbocycles. The van der Waals surface area contributed by atoms with Crippen LogP contribution in [0.3, 0.4) is 0 Å². The third-order valence-electron chi connectivity index (χ3n) is 2.90. The number of aliphatic hydroxyl groups is 1. The number of carbonyl (C=O) groups excluding carboxylic acids is 1. The zero-order chi connectivity index (χ0) is 14.5. The second kappa shape index (κ2) is 6.63. The molecular formula is C15H16FNO2S. The molecule has 1 heterocycles. The van der Waals surface area contributed by atoms with Crippen LogP contribution >= 0.6 is 11.3 Å². The van der Waals surface area contributed by atoms with Crippen molar-refractivity contribution in [1.82, 2.24) is 5.32 Å². The quantitative estimate of drug-likeness (QED) is 0.890. The third kappa shape index (κ3) is 3.65. The summed E-state index contributed by atoms with van der Waals surface area (Å²) in [6, 6.07) is 9.72. The van der Waals surface area contributed by atoms with E-state index in [-0.39, 0.29) is 24.4 Å². The number of carbonyl (C=O) groups is 1. The Hall–Kier alpha value is -1.72. The monoisotopic (exact) mass is 293 g/mol.